The van der Waals surface area contributed by atoms with Crippen LogP contribution in [0.1, 0.15) is 40.5 Å². The van der Waals surface area contributed by atoms with Gasteiger partial charge in [0.05, 0.1) is 16.3 Å². The summed E-state index contributed by atoms with van der Waals surface area (Å²) >= 11 is 6.18. The number of benzene rings is 2. The van der Waals surface area contributed by atoms with E-state index in [9.17, 15) is 14.4 Å². The highest BCUT2D eigenvalue weighted by Gasteiger charge is 2.24. The van der Waals surface area contributed by atoms with E-state index >= 15 is 0 Å². The number of nitrogens with zero attached hydrogens (tertiary/aromatic N) is 1. The molecule has 5 nitrogen and oxygen atoms in total. The van der Waals surface area contributed by atoms with E-state index in [0.29, 0.717) is 40.6 Å². The highest BCUT2D eigenvalue weighted by Crippen LogP contribution is 2.30. The third kappa shape index (κ3) is 3.72. The van der Waals surface area contributed by atoms with Gasteiger partial charge in [-0.05, 0) is 55.8 Å². The summed E-state index contributed by atoms with van der Waals surface area (Å²) in [6.07, 6.45) is 1.25. The van der Waals surface area contributed by atoms with Crippen molar-refractivity contribution >= 4 is 34.9 Å². The molecular weight excluding hydrogens is 342 g/mol. The second-order valence-electron chi connectivity index (χ2n) is 5.79. The number of rotatable bonds is 4. The van der Waals surface area contributed by atoms with Crippen LogP contribution in [0.15, 0.2) is 42.5 Å². The van der Waals surface area contributed by atoms with Crippen molar-refractivity contribution in [3.63, 3.8) is 0 Å². The van der Waals surface area contributed by atoms with E-state index in [1.807, 2.05) is 0 Å². The largest absolute Gasteiger partial charge is 0.423 e. The molecule has 0 unspecified atom stereocenters. The second-order valence-corrected chi connectivity index (χ2v) is 6.19. The molecule has 1 fully saturated rings. The van der Waals surface area contributed by atoms with Crippen LogP contribution in [0.5, 0.6) is 5.75 Å². The first-order valence-electron chi connectivity index (χ1n) is 7.89. The molecule has 6 heteroatoms. The molecule has 0 spiro atoms. The number of carbonyl (C=O) groups is 3. The molecule has 0 bridgehead atoms. The van der Waals surface area contributed by atoms with E-state index in [-0.39, 0.29) is 11.7 Å². The van der Waals surface area contributed by atoms with Gasteiger partial charge in [0, 0.05) is 18.5 Å². The average molecular weight is 358 g/mol. The van der Waals surface area contributed by atoms with Gasteiger partial charge in [-0.25, -0.2) is 4.79 Å². The van der Waals surface area contributed by atoms with Gasteiger partial charge in [0.15, 0.2) is 5.78 Å². The maximum atomic E-state index is 12.4. The van der Waals surface area contributed by atoms with Crippen LogP contribution in [0, 0.1) is 0 Å². The number of ketones is 1. The number of carbonyl (C=O) groups excluding carboxylic acids is 3. The number of hydrogen-bond acceptors (Lipinski definition) is 4. The molecule has 128 valence electrons. The molecule has 1 aliphatic rings. The van der Waals surface area contributed by atoms with E-state index in [2.05, 4.69) is 0 Å². The van der Waals surface area contributed by atoms with Gasteiger partial charge in [0.1, 0.15) is 5.75 Å². The van der Waals surface area contributed by atoms with Crippen molar-refractivity contribution in [3.05, 3.63) is 58.6 Å². The molecule has 0 N–H and O–H groups in total. The van der Waals surface area contributed by atoms with E-state index in [4.69, 9.17) is 16.3 Å². The molecule has 0 saturated carbocycles. The van der Waals surface area contributed by atoms with Crippen molar-refractivity contribution in [1.82, 2.24) is 0 Å². The summed E-state index contributed by atoms with van der Waals surface area (Å²) in [6.45, 7) is 2.06. The Morgan fingerprint density at radius 3 is 2.36 bits per heavy atom. The van der Waals surface area contributed by atoms with E-state index in [1.165, 1.54) is 6.92 Å². The Balaban J connectivity index is 1.80. The van der Waals surface area contributed by atoms with Gasteiger partial charge >= 0.3 is 5.97 Å². The van der Waals surface area contributed by atoms with Crippen LogP contribution in [0.4, 0.5) is 5.69 Å². The Kier molecular flexibility index (Phi) is 4.86. The highest BCUT2D eigenvalue weighted by molar-refractivity contribution is 6.34. The van der Waals surface area contributed by atoms with Crippen LogP contribution in [0.25, 0.3) is 0 Å². The van der Waals surface area contributed by atoms with Gasteiger partial charge < -0.3 is 9.64 Å². The number of halogens is 1. The van der Waals surface area contributed by atoms with E-state index in [0.717, 1.165) is 6.42 Å². The summed E-state index contributed by atoms with van der Waals surface area (Å²) in [7, 11) is 0. The van der Waals surface area contributed by atoms with Crippen LogP contribution in [-0.4, -0.2) is 24.2 Å². The molecular formula is C19H16ClNO4. The molecule has 25 heavy (non-hydrogen) atoms. The summed E-state index contributed by atoms with van der Waals surface area (Å²) < 4.78 is 5.32. The number of hydrogen-bond donors (Lipinski definition) is 0. The van der Waals surface area contributed by atoms with Gasteiger partial charge in [-0.1, -0.05) is 11.6 Å². The van der Waals surface area contributed by atoms with Crippen LogP contribution >= 0.6 is 11.6 Å². The lowest BCUT2D eigenvalue weighted by atomic mass is 10.1. The quantitative estimate of drug-likeness (QED) is 0.473. The Morgan fingerprint density at radius 1 is 1.08 bits per heavy atom. The zero-order valence-electron chi connectivity index (χ0n) is 13.6. The smallest absolute Gasteiger partial charge is 0.343 e. The van der Waals surface area contributed by atoms with Crippen molar-refractivity contribution in [2.75, 3.05) is 11.4 Å². The van der Waals surface area contributed by atoms with Gasteiger partial charge in [0.2, 0.25) is 5.91 Å². The zero-order chi connectivity index (χ0) is 18.0. The molecule has 1 aliphatic heterocycles. The van der Waals surface area contributed by atoms with Crippen molar-refractivity contribution in [3.8, 4) is 5.75 Å². The number of anilines is 1. The first-order valence-corrected chi connectivity index (χ1v) is 8.26. The van der Waals surface area contributed by atoms with Crippen LogP contribution in [-0.2, 0) is 4.79 Å². The molecule has 0 radical (unpaired) electrons. The Labute approximate surface area is 150 Å². The summed E-state index contributed by atoms with van der Waals surface area (Å²) in [5.74, 6) is -0.286. The van der Waals surface area contributed by atoms with Crippen LogP contribution in [0.3, 0.4) is 0 Å². The number of Topliss-reactive ketones (excluding diaryl/α,β-unsaturated/α-hetero) is 1. The molecule has 2 aromatic carbocycles. The van der Waals surface area contributed by atoms with Gasteiger partial charge in [-0.3, -0.25) is 9.59 Å². The third-order valence-electron chi connectivity index (χ3n) is 4.02. The standard InChI is InChI=1S/C19H16ClNO4/c1-12(22)13-4-7-15(8-5-13)25-19(24)14-6-9-16(20)17(11-14)21-10-2-3-18(21)23/h4-9,11H,2-3,10H2,1H3. The van der Waals surface area contributed by atoms with Gasteiger partial charge in [-0.15, -0.1) is 0 Å². The minimum Gasteiger partial charge on any atom is -0.423 e. The molecule has 3 rings (SSSR count). The zero-order valence-corrected chi connectivity index (χ0v) is 14.4. The second kappa shape index (κ2) is 7.07. The molecule has 0 aromatic heterocycles. The summed E-state index contributed by atoms with van der Waals surface area (Å²) in [4.78, 5) is 37.1. The summed E-state index contributed by atoms with van der Waals surface area (Å²) in [6, 6.07) is 11.0. The average Bonchev–Trinajstić information content (AvgIpc) is 3.01. The monoisotopic (exact) mass is 357 g/mol. The fourth-order valence-electron chi connectivity index (χ4n) is 2.67. The lowest BCUT2D eigenvalue weighted by Crippen LogP contribution is -2.24. The fourth-order valence-corrected chi connectivity index (χ4v) is 2.89. The molecule has 1 heterocycles. The first-order chi connectivity index (χ1) is 12.0. The predicted octanol–water partition coefficient (Wildman–Crippen LogP) is 3.89. The topological polar surface area (TPSA) is 63.7 Å². The van der Waals surface area contributed by atoms with E-state index in [1.54, 1.807) is 47.4 Å². The lowest BCUT2D eigenvalue weighted by Gasteiger charge is -2.18. The molecule has 0 aliphatic carbocycles. The molecule has 2 aromatic rings. The molecule has 1 saturated heterocycles. The number of ether oxygens (including phenoxy) is 1. The van der Waals surface area contributed by atoms with Crippen LogP contribution in [0.2, 0.25) is 5.02 Å². The highest BCUT2D eigenvalue weighted by atomic mass is 35.5. The maximum absolute atomic E-state index is 12.4. The number of amides is 1. The minimum absolute atomic E-state index is 0.00719. The predicted molar refractivity (Wildman–Crippen MR) is 94.4 cm³/mol. The van der Waals surface area contributed by atoms with Crippen molar-refractivity contribution < 1.29 is 19.1 Å². The lowest BCUT2D eigenvalue weighted by molar-refractivity contribution is -0.117. The van der Waals surface area contributed by atoms with Crippen molar-refractivity contribution in [2.45, 2.75) is 19.8 Å². The van der Waals surface area contributed by atoms with E-state index < -0.39 is 5.97 Å². The Hall–Kier alpha value is -2.66. The first kappa shape index (κ1) is 17.2. The van der Waals surface area contributed by atoms with Crippen LogP contribution < -0.4 is 9.64 Å². The van der Waals surface area contributed by atoms with Crippen molar-refractivity contribution in [1.29, 1.82) is 0 Å². The summed E-state index contributed by atoms with van der Waals surface area (Å²) in [5.41, 5.74) is 1.36. The van der Waals surface area contributed by atoms with Gasteiger partial charge in [-0.2, -0.15) is 0 Å². The molecule has 0 atom stereocenters. The summed E-state index contributed by atoms with van der Waals surface area (Å²) in [5, 5.41) is 0.414. The maximum Gasteiger partial charge on any atom is 0.343 e. The SMILES string of the molecule is CC(=O)c1ccc(OC(=O)c2ccc(Cl)c(N3CCCC3=O)c2)cc1. The third-order valence-corrected chi connectivity index (χ3v) is 4.34. The number of esters is 1. The normalized spacial score (nSPS) is 13.8. The Morgan fingerprint density at radius 2 is 1.76 bits per heavy atom. The minimum atomic E-state index is -0.555. The Bertz CT molecular complexity index is 845. The van der Waals surface area contributed by atoms with Crippen molar-refractivity contribution in [2.24, 2.45) is 0 Å². The van der Waals surface area contributed by atoms with Gasteiger partial charge in [0.25, 0.3) is 0 Å². The molecule has 1 amide bonds. The fraction of sp³-hybridized carbons (Fsp3) is 0.211.